The topological polar surface area (TPSA) is 183 Å². The number of carbonyl (C=O) groups excluding carboxylic acids is 1. The summed E-state index contributed by atoms with van der Waals surface area (Å²) in [4.78, 5) is 33.4. The number of fused-ring (bicyclic) bond motifs is 2. The quantitative estimate of drug-likeness (QED) is 0.0284. The van der Waals surface area contributed by atoms with Gasteiger partial charge in [-0.15, -0.1) is 6.58 Å². The molecular weight excluding hydrogens is 819 g/mol. The minimum Gasteiger partial charge on any atom is -0.459 e. The summed E-state index contributed by atoms with van der Waals surface area (Å²) >= 11 is 0. The van der Waals surface area contributed by atoms with Crippen molar-refractivity contribution in [2.45, 2.75) is 134 Å². The van der Waals surface area contributed by atoms with Crippen LogP contribution in [0.25, 0.3) is 0 Å². The van der Waals surface area contributed by atoms with Crippen LogP contribution < -0.4 is 9.47 Å². The molecule has 14 heteroatoms. The second kappa shape index (κ2) is 26.6. The first-order valence-corrected chi connectivity index (χ1v) is 23.8. The van der Waals surface area contributed by atoms with Crippen molar-refractivity contribution in [1.82, 2.24) is 4.90 Å². The molecule has 1 fully saturated rings. The predicted molar refractivity (Wildman–Crippen MR) is 247 cm³/mol. The molecule has 1 amide bonds. The Labute approximate surface area is 379 Å². The lowest BCUT2D eigenvalue weighted by molar-refractivity contribution is -0.384. The molecule has 1 aliphatic heterocycles. The highest BCUT2D eigenvalue weighted by Gasteiger charge is 2.65. The fourth-order valence-electron chi connectivity index (χ4n) is 10.1. The second-order valence-corrected chi connectivity index (χ2v) is 17.3. The van der Waals surface area contributed by atoms with Gasteiger partial charge in [-0.3, -0.25) is 14.9 Å². The number of unbranched alkanes of at least 4 members (excludes halogenated alkanes) is 10. The fourth-order valence-corrected chi connectivity index (χ4v) is 10.1. The lowest BCUT2D eigenvalue weighted by Crippen LogP contribution is -2.70. The second-order valence-electron chi connectivity index (χ2n) is 17.3. The van der Waals surface area contributed by atoms with Gasteiger partial charge in [-0.2, -0.15) is 0 Å². The van der Waals surface area contributed by atoms with Crippen LogP contribution in [0.4, 0.5) is 5.69 Å². The number of nitro groups is 1. The van der Waals surface area contributed by atoms with E-state index in [-0.39, 0.29) is 82.0 Å². The molecular formula is C50H73N3O11. The number of hydrogen-bond donors (Lipinski definition) is 3. The molecule has 6 atom stereocenters. The van der Waals surface area contributed by atoms with Gasteiger partial charge in [0.1, 0.15) is 30.4 Å². The Bertz CT molecular complexity index is 1840. The Kier molecular flexibility index (Phi) is 21.0. The van der Waals surface area contributed by atoms with Crippen LogP contribution >= 0.6 is 0 Å². The third-order valence-electron chi connectivity index (χ3n) is 13.0. The van der Waals surface area contributed by atoms with E-state index in [9.17, 15) is 30.2 Å². The summed E-state index contributed by atoms with van der Waals surface area (Å²) in [6, 6.07) is 11.0. The Hall–Kier alpha value is -4.34. The van der Waals surface area contributed by atoms with Gasteiger partial charge in [0.05, 0.1) is 49.0 Å². The Morgan fingerprint density at radius 3 is 2.34 bits per heavy atom. The minimum atomic E-state index is -1.43. The van der Waals surface area contributed by atoms with Crippen molar-refractivity contribution in [1.29, 1.82) is 0 Å². The lowest BCUT2D eigenvalue weighted by Gasteiger charge is -2.60. The average molecular weight is 892 g/mol. The van der Waals surface area contributed by atoms with E-state index in [1.54, 1.807) is 24.3 Å². The van der Waals surface area contributed by atoms with E-state index < -0.39 is 22.7 Å². The van der Waals surface area contributed by atoms with Crippen LogP contribution in [0.2, 0.25) is 0 Å². The summed E-state index contributed by atoms with van der Waals surface area (Å²) in [5, 5.41) is 45.7. The van der Waals surface area contributed by atoms with Crippen LogP contribution in [-0.2, 0) is 19.1 Å². The molecule has 3 N–H and O–H groups in total. The summed E-state index contributed by atoms with van der Waals surface area (Å²) in [7, 11) is 1.52. The summed E-state index contributed by atoms with van der Waals surface area (Å²) in [6.45, 7) is 6.93. The van der Waals surface area contributed by atoms with Crippen LogP contribution in [0.3, 0.4) is 0 Å². The van der Waals surface area contributed by atoms with Crippen molar-refractivity contribution in [2.24, 2.45) is 22.9 Å². The lowest BCUT2D eigenvalue weighted by atomic mass is 9.55. The molecule has 2 aliphatic carbocycles. The number of carbonyl (C=O) groups is 1. The Balaban J connectivity index is 1.64. The van der Waals surface area contributed by atoms with Gasteiger partial charge in [0.25, 0.3) is 5.69 Å². The highest BCUT2D eigenvalue weighted by Crippen LogP contribution is 2.62. The molecule has 0 aromatic heterocycles. The van der Waals surface area contributed by atoms with Crippen molar-refractivity contribution in [2.75, 3.05) is 53.3 Å². The number of amides is 1. The molecule has 354 valence electrons. The number of aliphatic hydroxyl groups excluding tert-OH is 3. The Morgan fingerprint density at radius 2 is 1.66 bits per heavy atom. The van der Waals surface area contributed by atoms with Gasteiger partial charge in [0.15, 0.2) is 0 Å². The van der Waals surface area contributed by atoms with E-state index in [1.165, 1.54) is 51.3 Å². The molecule has 14 nitrogen and oxygen atoms in total. The van der Waals surface area contributed by atoms with E-state index in [0.717, 1.165) is 62.5 Å². The van der Waals surface area contributed by atoms with E-state index >= 15 is 0 Å². The molecule has 6 unspecified atom stereocenters. The molecule has 0 radical (unpaired) electrons. The van der Waals surface area contributed by atoms with Gasteiger partial charge < -0.3 is 44.0 Å². The molecule has 0 spiro atoms. The standard InChI is InChI=1S/C50H73N3O11/c1-4-6-7-8-9-10-11-12-13-23-47(57)52(26-31-61-32-29-56)46-36-44(51-60-3)42-33-37(19-14-16-27-54)41(22-15-17-28-55)48-43-35-40(63-39-21-18-20-38(34-39)53(58)59)24-25-45(43)64-50(46,49(42)48)62-30-5-2/h5,18,20-21,24-25,33-35,37,41,46,48-49,54-56H,2,4,6-17,19,22-23,26-32,36H2,1,3H3. The zero-order chi connectivity index (χ0) is 45.7. The monoisotopic (exact) mass is 892 g/mol. The number of rotatable bonds is 31. The molecule has 3 aliphatic rings. The minimum absolute atomic E-state index is 0.00275. The third kappa shape index (κ3) is 13.1. The van der Waals surface area contributed by atoms with Crippen molar-refractivity contribution >= 4 is 17.3 Å². The van der Waals surface area contributed by atoms with Gasteiger partial charge in [0, 0.05) is 50.1 Å². The summed E-state index contributed by atoms with van der Waals surface area (Å²) in [5.74, 6) is -0.847. The molecule has 2 aromatic carbocycles. The van der Waals surface area contributed by atoms with Crippen LogP contribution in [0, 0.1) is 27.9 Å². The number of ether oxygens (including phenoxy) is 4. The number of nitrogens with zero attached hydrogens (tertiary/aromatic N) is 3. The summed E-state index contributed by atoms with van der Waals surface area (Å²) < 4.78 is 26.5. The molecule has 1 heterocycles. The number of allylic oxidation sites excluding steroid dienone is 1. The van der Waals surface area contributed by atoms with Gasteiger partial charge in [-0.1, -0.05) is 94.5 Å². The van der Waals surface area contributed by atoms with Crippen LogP contribution in [-0.4, -0.2) is 102 Å². The van der Waals surface area contributed by atoms with Crippen LogP contribution in [0.15, 0.2) is 71.9 Å². The normalized spacial score (nSPS) is 22.8. The molecule has 0 bridgehead atoms. The highest BCUT2D eigenvalue weighted by molar-refractivity contribution is 6.03. The van der Waals surface area contributed by atoms with Crippen molar-refractivity contribution in [3.63, 3.8) is 0 Å². The van der Waals surface area contributed by atoms with Gasteiger partial charge in [-0.25, -0.2) is 0 Å². The van der Waals surface area contributed by atoms with E-state index in [1.807, 2.05) is 17.0 Å². The average Bonchev–Trinajstić information content (AvgIpc) is 3.29. The first kappa shape index (κ1) is 50.7. The smallest absolute Gasteiger partial charge is 0.273 e. The van der Waals surface area contributed by atoms with Crippen LogP contribution in [0.5, 0.6) is 17.2 Å². The van der Waals surface area contributed by atoms with E-state index in [2.05, 4.69) is 24.7 Å². The fraction of sp³-hybridized carbons (Fsp3) is 0.640. The first-order valence-electron chi connectivity index (χ1n) is 23.8. The van der Waals surface area contributed by atoms with E-state index in [4.69, 9.17) is 23.8 Å². The number of non-ortho nitro benzene ring substituents is 1. The number of hydrogen-bond acceptors (Lipinski definition) is 12. The van der Waals surface area contributed by atoms with Crippen LogP contribution in [0.1, 0.15) is 128 Å². The van der Waals surface area contributed by atoms with Crippen molar-refractivity contribution < 1.29 is 48.8 Å². The first-order chi connectivity index (χ1) is 31.3. The molecule has 64 heavy (non-hydrogen) atoms. The van der Waals surface area contributed by atoms with Gasteiger partial charge >= 0.3 is 0 Å². The maximum Gasteiger partial charge on any atom is 0.273 e. The SMILES string of the molecule is C=CCOC12Oc3ccc(Oc4cccc([N+](=O)[O-])c4)cc3C3C(CCCCO)C(CCCCO)C=C(C(=NOC)CC1N(CCOCCO)C(=O)CCCCCCCCCCC)C32. The third-order valence-corrected chi connectivity index (χ3v) is 13.0. The van der Waals surface area contributed by atoms with Gasteiger partial charge in [-0.05, 0) is 73.8 Å². The molecule has 5 rings (SSSR count). The van der Waals surface area contributed by atoms with Crippen molar-refractivity contribution in [3.05, 3.63) is 82.4 Å². The summed E-state index contributed by atoms with van der Waals surface area (Å²) in [5.41, 5.74) is 2.39. The largest absolute Gasteiger partial charge is 0.459 e. The number of benzene rings is 2. The summed E-state index contributed by atoms with van der Waals surface area (Å²) in [6.07, 6.45) is 19.1. The van der Waals surface area contributed by atoms with E-state index in [0.29, 0.717) is 42.2 Å². The highest BCUT2D eigenvalue weighted by atomic mass is 16.7. The maximum absolute atomic E-state index is 14.8. The number of nitro benzene ring substituents is 1. The molecule has 0 saturated heterocycles. The van der Waals surface area contributed by atoms with Gasteiger partial charge in [0.2, 0.25) is 11.7 Å². The zero-order valence-electron chi connectivity index (χ0n) is 38.2. The molecule has 2 aromatic rings. The number of oxime groups is 1. The Morgan fingerprint density at radius 1 is 0.938 bits per heavy atom. The van der Waals surface area contributed by atoms with Crippen molar-refractivity contribution in [3.8, 4) is 17.2 Å². The maximum atomic E-state index is 14.8. The predicted octanol–water partition coefficient (Wildman–Crippen LogP) is 9.41. The number of aliphatic hydroxyl groups is 3. The molecule has 1 saturated carbocycles. The zero-order valence-corrected chi connectivity index (χ0v) is 38.2.